The molecule has 4 heteroatoms. The van der Waals surface area contributed by atoms with E-state index in [0.29, 0.717) is 18.8 Å². The maximum absolute atomic E-state index is 12.5. The van der Waals surface area contributed by atoms with E-state index >= 15 is 0 Å². The van der Waals surface area contributed by atoms with Gasteiger partial charge in [-0.15, -0.1) is 0 Å². The number of amides is 1. The second-order valence-corrected chi connectivity index (χ2v) is 5.49. The van der Waals surface area contributed by atoms with Gasteiger partial charge in [-0.1, -0.05) is 6.07 Å². The molecule has 0 bridgehead atoms. The maximum Gasteiger partial charge on any atom is 0.255 e. The quantitative estimate of drug-likeness (QED) is 0.873. The Morgan fingerprint density at radius 2 is 1.78 bits per heavy atom. The fraction of sp³-hybridized carbons (Fsp3) is 0.316. The number of anilines is 1. The van der Waals surface area contributed by atoms with Crippen molar-refractivity contribution in [3.63, 3.8) is 0 Å². The highest BCUT2D eigenvalue weighted by Crippen LogP contribution is 2.22. The van der Waals surface area contributed by atoms with Gasteiger partial charge in [0.25, 0.3) is 5.91 Å². The number of rotatable bonds is 6. The van der Waals surface area contributed by atoms with Gasteiger partial charge in [-0.25, -0.2) is 0 Å². The Hall–Kier alpha value is -2.33. The first-order chi connectivity index (χ1) is 11.0. The van der Waals surface area contributed by atoms with Crippen molar-refractivity contribution < 1.29 is 14.3 Å². The Morgan fingerprint density at radius 3 is 2.39 bits per heavy atom. The van der Waals surface area contributed by atoms with Crippen molar-refractivity contribution in [1.29, 1.82) is 0 Å². The summed E-state index contributed by atoms with van der Waals surface area (Å²) in [5.41, 5.74) is 4.48. The predicted molar refractivity (Wildman–Crippen MR) is 92.2 cm³/mol. The minimum atomic E-state index is -0.143. The lowest BCUT2D eigenvalue weighted by Crippen LogP contribution is -2.13. The van der Waals surface area contributed by atoms with Crippen LogP contribution in [0.25, 0.3) is 0 Å². The molecule has 0 aliphatic carbocycles. The molecule has 0 fully saturated rings. The minimum absolute atomic E-state index is 0.143. The minimum Gasteiger partial charge on any atom is -0.496 e. The number of hydrogen-bond donors (Lipinski definition) is 1. The van der Waals surface area contributed by atoms with Gasteiger partial charge >= 0.3 is 0 Å². The Bertz CT molecular complexity index is 675. The summed E-state index contributed by atoms with van der Waals surface area (Å²) >= 11 is 0. The van der Waals surface area contributed by atoms with E-state index in [1.165, 1.54) is 0 Å². The van der Waals surface area contributed by atoms with Crippen LogP contribution in [0.4, 0.5) is 5.69 Å². The largest absolute Gasteiger partial charge is 0.496 e. The summed E-state index contributed by atoms with van der Waals surface area (Å²) < 4.78 is 10.7. The van der Waals surface area contributed by atoms with Crippen LogP contribution in [0.2, 0.25) is 0 Å². The van der Waals surface area contributed by atoms with Crippen LogP contribution in [0.5, 0.6) is 5.75 Å². The third-order valence-electron chi connectivity index (χ3n) is 3.48. The smallest absolute Gasteiger partial charge is 0.255 e. The van der Waals surface area contributed by atoms with Gasteiger partial charge in [0, 0.05) is 23.4 Å². The monoisotopic (exact) mass is 313 g/mol. The van der Waals surface area contributed by atoms with Crippen LogP contribution in [-0.4, -0.2) is 19.6 Å². The van der Waals surface area contributed by atoms with Gasteiger partial charge in [-0.05, 0) is 62.2 Å². The van der Waals surface area contributed by atoms with Crippen molar-refractivity contribution in [2.75, 3.05) is 19.0 Å². The Labute approximate surface area is 137 Å². The summed E-state index contributed by atoms with van der Waals surface area (Å²) in [5, 5.41) is 2.94. The molecule has 122 valence electrons. The second kappa shape index (κ2) is 7.79. The summed E-state index contributed by atoms with van der Waals surface area (Å²) in [6.07, 6.45) is 0. The molecule has 4 nitrogen and oxygen atoms in total. The predicted octanol–water partition coefficient (Wildman–Crippen LogP) is 4.10. The lowest BCUT2D eigenvalue weighted by atomic mass is 10.1. The molecule has 0 radical (unpaired) electrons. The summed E-state index contributed by atoms with van der Waals surface area (Å²) in [7, 11) is 1.61. The summed E-state index contributed by atoms with van der Waals surface area (Å²) in [6.45, 7) is 6.99. The summed E-state index contributed by atoms with van der Waals surface area (Å²) in [5.74, 6) is 0.580. The first kappa shape index (κ1) is 17.0. The van der Waals surface area contributed by atoms with Crippen molar-refractivity contribution in [3.05, 3.63) is 58.7 Å². The zero-order valence-electron chi connectivity index (χ0n) is 14.1. The lowest BCUT2D eigenvalue weighted by molar-refractivity contribution is 0.102. The van der Waals surface area contributed by atoms with Gasteiger partial charge in [0.05, 0.1) is 13.7 Å². The Kier molecular flexibility index (Phi) is 5.77. The Balaban J connectivity index is 2.21. The van der Waals surface area contributed by atoms with Gasteiger partial charge in [0.1, 0.15) is 5.75 Å². The van der Waals surface area contributed by atoms with Gasteiger partial charge in [0.2, 0.25) is 0 Å². The molecule has 0 atom stereocenters. The summed E-state index contributed by atoms with van der Waals surface area (Å²) in [4.78, 5) is 12.5. The number of ether oxygens (including phenoxy) is 2. The number of aryl methyl sites for hydroxylation is 2. The number of methoxy groups -OCH3 is 1. The van der Waals surface area contributed by atoms with Crippen molar-refractivity contribution in [2.45, 2.75) is 27.4 Å². The molecule has 0 saturated heterocycles. The number of nitrogens with one attached hydrogen (secondary N) is 1. The van der Waals surface area contributed by atoms with Crippen LogP contribution in [0.1, 0.15) is 34.0 Å². The van der Waals surface area contributed by atoms with E-state index in [1.807, 2.05) is 39.0 Å². The first-order valence-electron chi connectivity index (χ1n) is 7.67. The van der Waals surface area contributed by atoms with Gasteiger partial charge in [-0.3, -0.25) is 4.79 Å². The maximum atomic E-state index is 12.5. The molecular weight excluding hydrogens is 290 g/mol. The molecule has 0 spiro atoms. The SMILES string of the molecule is CCOCc1cc(C(=O)Nc2cc(C)cc(C)c2)ccc1OC. The Morgan fingerprint density at radius 1 is 1.09 bits per heavy atom. The van der Waals surface area contributed by atoms with Crippen LogP contribution in [0.15, 0.2) is 36.4 Å². The average Bonchev–Trinajstić information content (AvgIpc) is 2.51. The van der Waals surface area contributed by atoms with Crippen LogP contribution >= 0.6 is 0 Å². The van der Waals surface area contributed by atoms with E-state index in [9.17, 15) is 4.79 Å². The van der Waals surface area contributed by atoms with Crippen LogP contribution in [0, 0.1) is 13.8 Å². The number of carbonyl (C=O) groups excluding carboxylic acids is 1. The molecule has 23 heavy (non-hydrogen) atoms. The van der Waals surface area contributed by atoms with E-state index in [2.05, 4.69) is 11.4 Å². The average molecular weight is 313 g/mol. The van der Waals surface area contributed by atoms with Gasteiger partial charge in [0.15, 0.2) is 0 Å². The molecule has 2 aromatic rings. The van der Waals surface area contributed by atoms with Crippen LogP contribution in [-0.2, 0) is 11.3 Å². The van der Waals surface area contributed by atoms with E-state index in [0.717, 1.165) is 28.1 Å². The molecule has 2 rings (SSSR count). The van der Waals surface area contributed by atoms with Gasteiger partial charge in [-0.2, -0.15) is 0 Å². The topological polar surface area (TPSA) is 47.6 Å². The highest BCUT2D eigenvalue weighted by Gasteiger charge is 2.11. The molecule has 1 amide bonds. The van der Waals surface area contributed by atoms with Crippen LogP contribution < -0.4 is 10.1 Å². The van der Waals surface area contributed by atoms with Crippen molar-refractivity contribution in [2.24, 2.45) is 0 Å². The van der Waals surface area contributed by atoms with E-state index in [-0.39, 0.29) is 5.91 Å². The summed E-state index contributed by atoms with van der Waals surface area (Å²) in [6, 6.07) is 11.3. The molecule has 0 saturated carbocycles. The van der Waals surface area contributed by atoms with E-state index < -0.39 is 0 Å². The number of hydrogen-bond acceptors (Lipinski definition) is 3. The number of benzene rings is 2. The fourth-order valence-electron chi connectivity index (χ4n) is 2.49. The molecule has 0 aliphatic rings. The molecule has 0 aromatic heterocycles. The van der Waals surface area contributed by atoms with Crippen LogP contribution in [0.3, 0.4) is 0 Å². The molecule has 0 heterocycles. The number of carbonyl (C=O) groups is 1. The molecule has 0 aliphatic heterocycles. The first-order valence-corrected chi connectivity index (χ1v) is 7.67. The molecule has 0 unspecified atom stereocenters. The fourth-order valence-corrected chi connectivity index (χ4v) is 2.49. The zero-order chi connectivity index (χ0) is 16.8. The normalized spacial score (nSPS) is 10.4. The van der Waals surface area contributed by atoms with Crippen molar-refractivity contribution in [1.82, 2.24) is 0 Å². The zero-order valence-corrected chi connectivity index (χ0v) is 14.1. The second-order valence-electron chi connectivity index (χ2n) is 5.49. The lowest BCUT2D eigenvalue weighted by Gasteiger charge is -2.12. The molecule has 2 aromatic carbocycles. The van der Waals surface area contributed by atoms with Gasteiger partial charge < -0.3 is 14.8 Å². The van der Waals surface area contributed by atoms with Crippen molar-refractivity contribution in [3.8, 4) is 5.75 Å². The van der Waals surface area contributed by atoms with E-state index in [4.69, 9.17) is 9.47 Å². The highest BCUT2D eigenvalue weighted by atomic mass is 16.5. The standard InChI is InChI=1S/C19H23NO3/c1-5-23-12-16-11-15(6-7-18(16)22-4)19(21)20-17-9-13(2)8-14(3)10-17/h6-11H,5,12H2,1-4H3,(H,20,21). The van der Waals surface area contributed by atoms with Crippen molar-refractivity contribution >= 4 is 11.6 Å². The van der Waals surface area contributed by atoms with E-state index in [1.54, 1.807) is 19.2 Å². The third-order valence-corrected chi connectivity index (χ3v) is 3.48. The molecular formula is C19H23NO3. The third kappa shape index (κ3) is 4.57. The highest BCUT2D eigenvalue weighted by molar-refractivity contribution is 6.04. The molecule has 1 N–H and O–H groups in total.